The molecule has 1 nitrogen and oxygen atoms in total. The lowest BCUT2D eigenvalue weighted by Gasteiger charge is -1.98. The first-order valence-electron chi connectivity index (χ1n) is 3.76. The standard InChI is InChI=1S/C9H10O/c10-9-7-3-1-2-4-8(9)6-5-7/h1-4,7-8H,5-6H2. The third-order valence-corrected chi connectivity index (χ3v) is 2.32. The van der Waals surface area contributed by atoms with Gasteiger partial charge in [-0.3, -0.25) is 4.79 Å². The molecule has 1 fully saturated rings. The minimum absolute atomic E-state index is 0.236. The predicted molar refractivity (Wildman–Crippen MR) is 39.5 cm³/mol. The summed E-state index contributed by atoms with van der Waals surface area (Å²) in [5, 5.41) is 0. The highest BCUT2D eigenvalue weighted by Crippen LogP contribution is 2.30. The maximum absolute atomic E-state index is 11.3. The molecular formula is C9H10O. The Balaban J connectivity index is 2.34. The summed E-state index contributed by atoms with van der Waals surface area (Å²) in [4.78, 5) is 11.3. The Morgan fingerprint density at radius 1 is 1.10 bits per heavy atom. The van der Waals surface area contributed by atoms with Crippen molar-refractivity contribution in [1.29, 1.82) is 0 Å². The Kier molecular flexibility index (Phi) is 1.23. The van der Waals surface area contributed by atoms with Crippen molar-refractivity contribution >= 4 is 5.78 Å². The van der Waals surface area contributed by atoms with E-state index in [2.05, 4.69) is 0 Å². The molecule has 0 aromatic carbocycles. The SMILES string of the molecule is O=C1C2C=CC=CC1CC2. The summed E-state index contributed by atoms with van der Waals surface area (Å²) in [7, 11) is 0. The van der Waals surface area contributed by atoms with Crippen molar-refractivity contribution in [3.63, 3.8) is 0 Å². The van der Waals surface area contributed by atoms with Crippen molar-refractivity contribution in [3.05, 3.63) is 24.3 Å². The van der Waals surface area contributed by atoms with Crippen LogP contribution in [0.4, 0.5) is 0 Å². The van der Waals surface area contributed by atoms with Gasteiger partial charge in [-0.25, -0.2) is 0 Å². The van der Waals surface area contributed by atoms with Crippen molar-refractivity contribution in [2.75, 3.05) is 0 Å². The summed E-state index contributed by atoms with van der Waals surface area (Å²) in [5.74, 6) is 0.894. The van der Waals surface area contributed by atoms with Crippen LogP contribution in [-0.2, 0) is 4.79 Å². The summed E-state index contributed by atoms with van der Waals surface area (Å²) in [6, 6.07) is 0. The van der Waals surface area contributed by atoms with Gasteiger partial charge in [-0.1, -0.05) is 24.3 Å². The van der Waals surface area contributed by atoms with Crippen molar-refractivity contribution < 1.29 is 4.79 Å². The maximum atomic E-state index is 11.3. The summed E-state index contributed by atoms with van der Waals surface area (Å²) in [6.45, 7) is 0. The van der Waals surface area contributed by atoms with Gasteiger partial charge in [-0.05, 0) is 12.8 Å². The van der Waals surface area contributed by atoms with E-state index in [9.17, 15) is 4.79 Å². The molecule has 52 valence electrons. The molecule has 0 aromatic heterocycles. The highest BCUT2D eigenvalue weighted by molar-refractivity contribution is 5.89. The number of ketones is 1. The number of hydrogen-bond donors (Lipinski definition) is 0. The van der Waals surface area contributed by atoms with Gasteiger partial charge in [-0.15, -0.1) is 0 Å². The van der Waals surface area contributed by atoms with Crippen molar-refractivity contribution in [3.8, 4) is 0 Å². The topological polar surface area (TPSA) is 17.1 Å². The largest absolute Gasteiger partial charge is 0.298 e. The van der Waals surface area contributed by atoms with E-state index in [1.165, 1.54) is 0 Å². The second-order valence-corrected chi connectivity index (χ2v) is 2.96. The van der Waals surface area contributed by atoms with Gasteiger partial charge < -0.3 is 0 Å². The molecule has 0 aromatic rings. The van der Waals surface area contributed by atoms with E-state index in [0.29, 0.717) is 5.78 Å². The molecule has 10 heavy (non-hydrogen) atoms. The molecule has 2 bridgehead atoms. The first-order chi connectivity index (χ1) is 4.88. The molecule has 2 rings (SSSR count). The second-order valence-electron chi connectivity index (χ2n) is 2.96. The first kappa shape index (κ1) is 5.90. The number of allylic oxidation sites excluding steroid dienone is 4. The Hall–Kier alpha value is -0.850. The molecule has 2 aliphatic rings. The van der Waals surface area contributed by atoms with Crippen LogP contribution in [-0.4, -0.2) is 5.78 Å². The number of fused-ring (bicyclic) bond motifs is 2. The van der Waals surface area contributed by atoms with Gasteiger partial charge in [0.1, 0.15) is 5.78 Å². The molecule has 1 heteroatoms. The van der Waals surface area contributed by atoms with Crippen molar-refractivity contribution in [2.24, 2.45) is 11.8 Å². The Bertz CT molecular complexity index is 191. The molecule has 0 heterocycles. The van der Waals surface area contributed by atoms with E-state index in [-0.39, 0.29) is 11.8 Å². The lowest BCUT2D eigenvalue weighted by molar-refractivity contribution is -0.121. The highest BCUT2D eigenvalue weighted by Gasteiger charge is 2.31. The quantitative estimate of drug-likeness (QED) is 0.493. The highest BCUT2D eigenvalue weighted by atomic mass is 16.1. The third-order valence-electron chi connectivity index (χ3n) is 2.32. The molecule has 0 saturated heterocycles. The molecule has 2 unspecified atom stereocenters. The van der Waals surface area contributed by atoms with Gasteiger partial charge in [0.25, 0.3) is 0 Å². The zero-order valence-electron chi connectivity index (χ0n) is 5.79. The minimum atomic E-state index is 0.236. The monoisotopic (exact) mass is 134 g/mol. The van der Waals surface area contributed by atoms with Crippen LogP contribution in [0, 0.1) is 11.8 Å². The summed E-state index contributed by atoms with van der Waals surface area (Å²) in [5.41, 5.74) is 0. The van der Waals surface area contributed by atoms with Crippen LogP contribution in [0.1, 0.15) is 12.8 Å². The Labute approximate surface area is 60.4 Å². The zero-order valence-corrected chi connectivity index (χ0v) is 5.79. The van der Waals surface area contributed by atoms with Crippen LogP contribution < -0.4 is 0 Å². The Morgan fingerprint density at radius 3 is 2.10 bits per heavy atom. The van der Waals surface area contributed by atoms with E-state index in [4.69, 9.17) is 0 Å². The Morgan fingerprint density at radius 2 is 1.60 bits per heavy atom. The summed E-state index contributed by atoms with van der Waals surface area (Å²) < 4.78 is 0. The van der Waals surface area contributed by atoms with Crippen LogP contribution in [0.25, 0.3) is 0 Å². The molecule has 1 saturated carbocycles. The number of rotatable bonds is 0. The smallest absolute Gasteiger partial charge is 0.146 e. The molecular weight excluding hydrogens is 124 g/mol. The van der Waals surface area contributed by atoms with Crippen LogP contribution >= 0.6 is 0 Å². The van der Waals surface area contributed by atoms with Gasteiger partial charge >= 0.3 is 0 Å². The molecule has 0 N–H and O–H groups in total. The maximum Gasteiger partial charge on any atom is 0.146 e. The summed E-state index contributed by atoms with van der Waals surface area (Å²) in [6.07, 6.45) is 10.1. The second kappa shape index (κ2) is 2.08. The molecule has 2 atom stereocenters. The van der Waals surface area contributed by atoms with Gasteiger partial charge in [0.05, 0.1) is 0 Å². The number of carbonyl (C=O) groups is 1. The van der Waals surface area contributed by atoms with E-state index in [1.54, 1.807) is 0 Å². The third kappa shape index (κ3) is 0.737. The minimum Gasteiger partial charge on any atom is -0.298 e. The molecule has 2 aliphatic carbocycles. The van der Waals surface area contributed by atoms with Crippen molar-refractivity contribution in [2.45, 2.75) is 12.8 Å². The van der Waals surface area contributed by atoms with E-state index >= 15 is 0 Å². The van der Waals surface area contributed by atoms with Crippen molar-refractivity contribution in [1.82, 2.24) is 0 Å². The number of carbonyl (C=O) groups excluding carboxylic acids is 1. The molecule has 0 spiro atoms. The fraction of sp³-hybridized carbons (Fsp3) is 0.444. The zero-order chi connectivity index (χ0) is 6.97. The average Bonchev–Trinajstić information content (AvgIpc) is 2.06. The molecule has 0 aliphatic heterocycles. The number of hydrogen-bond acceptors (Lipinski definition) is 1. The fourth-order valence-electron chi connectivity index (χ4n) is 1.70. The van der Waals surface area contributed by atoms with Crippen LogP contribution in [0.2, 0.25) is 0 Å². The van der Waals surface area contributed by atoms with Crippen LogP contribution in [0.15, 0.2) is 24.3 Å². The fourth-order valence-corrected chi connectivity index (χ4v) is 1.70. The van der Waals surface area contributed by atoms with E-state index < -0.39 is 0 Å². The predicted octanol–water partition coefficient (Wildman–Crippen LogP) is 1.71. The van der Waals surface area contributed by atoms with Gasteiger partial charge in [-0.2, -0.15) is 0 Å². The lowest BCUT2D eigenvalue weighted by Crippen LogP contribution is -2.08. The normalized spacial score (nSPS) is 36.6. The molecule has 0 radical (unpaired) electrons. The molecule has 0 amide bonds. The summed E-state index contributed by atoms with van der Waals surface area (Å²) >= 11 is 0. The average molecular weight is 134 g/mol. The van der Waals surface area contributed by atoms with Gasteiger partial charge in [0, 0.05) is 11.8 Å². The lowest BCUT2D eigenvalue weighted by atomic mass is 10.1. The van der Waals surface area contributed by atoms with Crippen LogP contribution in [0.5, 0.6) is 0 Å². The van der Waals surface area contributed by atoms with Gasteiger partial charge in [0.2, 0.25) is 0 Å². The van der Waals surface area contributed by atoms with E-state index in [1.807, 2.05) is 24.3 Å². The first-order valence-corrected chi connectivity index (χ1v) is 3.76. The van der Waals surface area contributed by atoms with E-state index in [0.717, 1.165) is 12.8 Å². The number of Topliss-reactive ketones (excluding diaryl/α,β-unsaturated/α-hetero) is 1. The van der Waals surface area contributed by atoms with Gasteiger partial charge in [0.15, 0.2) is 0 Å². The van der Waals surface area contributed by atoms with Crippen LogP contribution in [0.3, 0.4) is 0 Å².